The Morgan fingerprint density at radius 2 is 1.70 bits per heavy atom. The van der Waals surface area contributed by atoms with Crippen LogP contribution in [0.3, 0.4) is 0 Å². The Morgan fingerprint density at radius 3 is 2.39 bits per heavy atom. The lowest BCUT2D eigenvalue weighted by Gasteiger charge is -2.13. The highest BCUT2D eigenvalue weighted by atomic mass is 35.5. The van der Waals surface area contributed by atoms with Crippen molar-refractivity contribution in [3.63, 3.8) is 0 Å². The predicted molar refractivity (Wildman–Crippen MR) is 89.7 cm³/mol. The monoisotopic (exact) mass is 333 g/mol. The summed E-state index contributed by atoms with van der Waals surface area (Å²) in [6.07, 6.45) is 0. The first-order chi connectivity index (χ1) is 11.1. The minimum absolute atomic E-state index is 0.156. The van der Waals surface area contributed by atoms with Crippen molar-refractivity contribution in [2.24, 2.45) is 5.73 Å². The molecule has 0 fully saturated rings. The second-order valence-electron chi connectivity index (χ2n) is 4.59. The second kappa shape index (κ2) is 8.17. The molecule has 0 heterocycles. The first kappa shape index (κ1) is 16.8. The lowest BCUT2D eigenvalue weighted by Crippen LogP contribution is -2.24. The van der Waals surface area contributed by atoms with E-state index >= 15 is 0 Å². The Morgan fingerprint density at radius 1 is 1.00 bits per heavy atom. The number of benzene rings is 2. The number of rotatable bonds is 6. The summed E-state index contributed by atoms with van der Waals surface area (Å²) >= 11 is 5.90. The van der Waals surface area contributed by atoms with Crippen LogP contribution in [0.5, 0.6) is 5.75 Å². The van der Waals surface area contributed by atoms with E-state index in [0.29, 0.717) is 22.1 Å². The number of carbonyl (C=O) groups excluding carboxylic acids is 2. The smallest absolute Gasteiger partial charge is 0.262 e. The van der Waals surface area contributed by atoms with Crippen LogP contribution < -0.4 is 21.1 Å². The van der Waals surface area contributed by atoms with Crippen molar-refractivity contribution in [3.05, 3.63) is 53.6 Å². The molecule has 7 heteroatoms. The molecule has 0 unspecified atom stereocenters. The van der Waals surface area contributed by atoms with Crippen LogP contribution in [0.2, 0.25) is 5.02 Å². The molecule has 2 aromatic carbocycles. The van der Waals surface area contributed by atoms with Crippen molar-refractivity contribution >= 4 is 34.8 Å². The van der Waals surface area contributed by atoms with Gasteiger partial charge in [0.25, 0.3) is 5.91 Å². The van der Waals surface area contributed by atoms with Gasteiger partial charge in [-0.2, -0.15) is 0 Å². The fourth-order valence-electron chi connectivity index (χ4n) is 1.78. The van der Waals surface area contributed by atoms with Gasteiger partial charge in [0.05, 0.1) is 17.9 Å². The van der Waals surface area contributed by atoms with Crippen LogP contribution in [-0.4, -0.2) is 25.0 Å². The fraction of sp³-hybridized carbons (Fsp3) is 0.125. The molecular weight excluding hydrogens is 318 g/mol. The first-order valence-electron chi connectivity index (χ1n) is 6.85. The largest absolute Gasteiger partial charge is 0.484 e. The van der Waals surface area contributed by atoms with Crippen LogP contribution in [0.4, 0.5) is 11.4 Å². The number of carbonyl (C=O) groups is 2. The zero-order valence-electron chi connectivity index (χ0n) is 12.2. The fourth-order valence-corrected chi connectivity index (χ4v) is 1.95. The number of para-hydroxylation sites is 1. The van der Waals surface area contributed by atoms with Gasteiger partial charge in [-0.25, -0.2) is 0 Å². The van der Waals surface area contributed by atoms with Gasteiger partial charge in [0, 0.05) is 5.02 Å². The highest BCUT2D eigenvalue weighted by Crippen LogP contribution is 2.25. The molecule has 4 N–H and O–H groups in total. The number of hydrogen-bond acceptors (Lipinski definition) is 4. The van der Waals surface area contributed by atoms with Crippen LogP contribution in [0.15, 0.2) is 48.5 Å². The SMILES string of the molecule is NCC(=O)Nc1cc(Cl)ccc1NC(=O)COc1ccccc1. The highest BCUT2D eigenvalue weighted by molar-refractivity contribution is 6.31. The van der Waals surface area contributed by atoms with Crippen molar-refractivity contribution < 1.29 is 14.3 Å². The maximum absolute atomic E-state index is 12.0. The van der Waals surface area contributed by atoms with Crippen LogP contribution >= 0.6 is 11.6 Å². The van der Waals surface area contributed by atoms with Gasteiger partial charge in [-0.1, -0.05) is 29.8 Å². The third-order valence-corrected chi connectivity index (χ3v) is 3.06. The molecule has 120 valence electrons. The zero-order chi connectivity index (χ0) is 16.7. The second-order valence-corrected chi connectivity index (χ2v) is 5.03. The summed E-state index contributed by atoms with van der Waals surface area (Å²) in [5, 5.41) is 5.66. The number of anilines is 2. The summed E-state index contributed by atoms with van der Waals surface area (Å²) in [6, 6.07) is 13.7. The van der Waals surface area contributed by atoms with Gasteiger partial charge in [0.2, 0.25) is 5.91 Å². The van der Waals surface area contributed by atoms with Crippen molar-refractivity contribution in [1.29, 1.82) is 0 Å². The Kier molecular flexibility index (Phi) is 5.96. The lowest BCUT2D eigenvalue weighted by atomic mass is 10.2. The highest BCUT2D eigenvalue weighted by Gasteiger charge is 2.10. The molecule has 2 rings (SSSR count). The van der Waals surface area contributed by atoms with E-state index in [0.717, 1.165) is 0 Å². The lowest BCUT2D eigenvalue weighted by molar-refractivity contribution is -0.118. The van der Waals surface area contributed by atoms with Gasteiger partial charge in [-0.3, -0.25) is 9.59 Å². The Bertz CT molecular complexity index is 692. The molecule has 0 aromatic heterocycles. The van der Waals surface area contributed by atoms with Gasteiger partial charge >= 0.3 is 0 Å². The van der Waals surface area contributed by atoms with Crippen molar-refractivity contribution in [1.82, 2.24) is 0 Å². The van der Waals surface area contributed by atoms with E-state index < -0.39 is 0 Å². The zero-order valence-corrected chi connectivity index (χ0v) is 13.0. The summed E-state index contributed by atoms with van der Waals surface area (Å²) < 4.78 is 5.36. The predicted octanol–water partition coefficient (Wildman–Crippen LogP) is 2.25. The summed E-state index contributed by atoms with van der Waals surface area (Å²) in [4.78, 5) is 23.4. The number of amides is 2. The van der Waals surface area contributed by atoms with Crippen LogP contribution in [-0.2, 0) is 9.59 Å². The molecule has 23 heavy (non-hydrogen) atoms. The summed E-state index contributed by atoms with van der Waals surface area (Å²) in [5.41, 5.74) is 6.06. The minimum atomic E-state index is -0.386. The molecular formula is C16H16ClN3O3. The van der Waals surface area contributed by atoms with Crippen molar-refractivity contribution in [2.75, 3.05) is 23.8 Å². The third kappa shape index (κ3) is 5.28. The van der Waals surface area contributed by atoms with Crippen LogP contribution in [0, 0.1) is 0 Å². The average molecular weight is 334 g/mol. The maximum atomic E-state index is 12.0. The summed E-state index contributed by atoms with van der Waals surface area (Å²) in [6.45, 7) is -0.325. The first-order valence-corrected chi connectivity index (χ1v) is 7.23. The molecule has 0 saturated carbocycles. The van der Waals surface area contributed by atoms with E-state index in [2.05, 4.69) is 10.6 Å². The third-order valence-electron chi connectivity index (χ3n) is 2.83. The van der Waals surface area contributed by atoms with E-state index in [-0.39, 0.29) is 25.0 Å². The Balaban J connectivity index is 2.01. The van der Waals surface area contributed by atoms with E-state index in [1.54, 1.807) is 24.3 Å². The number of nitrogens with two attached hydrogens (primary N) is 1. The van der Waals surface area contributed by atoms with E-state index in [1.807, 2.05) is 18.2 Å². The van der Waals surface area contributed by atoms with Crippen molar-refractivity contribution in [3.8, 4) is 5.75 Å². The molecule has 0 saturated heterocycles. The average Bonchev–Trinajstić information content (AvgIpc) is 2.56. The molecule has 2 aromatic rings. The van der Waals surface area contributed by atoms with Gasteiger partial charge in [0.15, 0.2) is 6.61 Å². The van der Waals surface area contributed by atoms with Crippen LogP contribution in [0.25, 0.3) is 0 Å². The van der Waals surface area contributed by atoms with E-state index in [9.17, 15) is 9.59 Å². The van der Waals surface area contributed by atoms with E-state index in [1.165, 1.54) is 6.07 Å². The quantitative estimate of drug-likeness (QED) is 0.755. The normalized spacial score (nSPS) is 10.0. The van der Waals surface area contributed by atoms with E-state index in [4.69, 9.17) is 22.1 Å². The summed E-state index contributed by atoms with van der Waals surface area (Å²) in [7, 11) is 0. The van der Waals surface area contributed by atoms with Gasteiger partial charge in [-0.05, 0) is 30.3 Å². The molecule has 0 aliphatic heterocycles. The number of ether oxygens (including phenoxy) is 1. The number of nitrogens with one attached hydrogen (secondary N) is 2. The number of hydrogen-bond donors (Lipinski definition) is 3. The Labute approximate surface area is 138 Å². The minimum Gasteiger partial charge on any atom is -0.484 e. The maximum Gasteiger partial charge on any atom is 0.262 e. The van der Waals surface area contributed by atoms with Crippen LogP contribution in [0.1, 0.15) is 0 Å². The standard InChI is InChI=1S/C16H16ClN3O3/c17-11-6-7-13(14(8-11)20-15(21)9-18)19-16(22)10-23-12-4-2-1-3-5-12/h1-8H,9-10,18H2,(H,19,22)(H,20,21). The van der Waals surface area contributed by atoms with Gasteiger partial charge in [-0.15, -0.1) is 0 Å². The van der Waals surface area contributed by atoms with Gasteiger partial charge in [0.1, 0.15) is 5.75 Å². The molecule has 0 radical (unpaired) electrons. The summed E-state index contributed by atoms with van der Waals surface area (Å²) in [5.74, 6) is -0.155. The van der Waals surface area contributed by atoms with Crippen molar-refractivity contribution in [2.45, 2.75) is 0 Å². The molecule has 0 aliphatic carbocycles. The molecule has 0 aliphatic rings. The molecule has 0 spiro atoms. The molecule has 0 atom stereocenters. The molecule has 2 amide bonds. The van der Waals surface area contributed by atoms with Gasteiger partial charge < -0.3 is 21.1 Å². The Hall–Kier alpha value is -2.57. The number of halogens is 1. The molecule has 6 nitrogen and oxygen atoms in total. The molecule has 0 bridgehead atoms. The topological polar surface area (TPSA) is 93.5 Å².